The van der Waals surface area contributed by atoms with Crippen LogP contribution in [0.15, 0.2) is 54.7 Å². The highest BCUT2D eigenvalue weighted by molar-refractivity contribution is 6.33. The summed E-state index contributed by atoms with van der Waals surface area (Å²) in [7, 11) is 0. The van der Waals surface area contributed by atoms with Crippen LogP contribution in [-0.2, 0) is 19.3 Å². The maximum atomic E-state index is 9.35. The molecule has 116 valence electrons. The molecule has 0 aliphatic heterocycles. The van der Waals surface area contributed by atoms with Crippen LogP contribution in [0.5, 0.6) is 0 Å². The van der Waals surface area contributed by atoms with Crippen molar-refractivity contribution in [2.45, 2.75) is 19.3 Å². The SMILES string of the molecule is N#Cc1cccc2c1CCc1ncc(-c3ccccc3Cl)cc1C2. The summed E-state index contributed by atoms with van der Waals surface area (Å²) in [5.41, 5.74) is 7.56. The summed E-state index contributed by atoms with van der Waals surface area (Å²) < 4.78 is 0. The molecule has 0 radical (unpaired) electrons. The second kappa shape index (κ2) is 6.11. The van der Waals surface area contributed by atoms with Crippen molar-refractivity contribution in [3.8, 4) is 17.2 Å². The van der Waals surface area contributed by atoms with E-state index in [1.165, 1.54) is 11.1 Å². The summed E-state index contributed by atoms with van der Waals surface area (Å²) in [5, 5.41) is 10.1. The standard InChI is InChI=1S/C21H15ClN2/c22-20-7-2-1-6-19(20)17-11-16-10-14-4-3-5-15(12-23)18(14)8-9-21(16)24-13-17/h1-7,11,13H,8-10H2. The highest BCUT2D eigenvalue weighted by Crippen LogP contribution is 2.31. The third-order valence-electron chi connectivity index (χ3n) is 4.63. The van der Waals surface area contributed by atoms with Gasteiger partial charge in [-0.25, -0.2) is 0 Å². The predicted molar refractivity (Wildman–Crippen MR) is 96.1 cm³/mol. The normalized spacial score (nSPS) is 12.7. The molecule has 1 heterocycles. The van der Waals surface area contributed by atoms with E-state index in [0.717, 1.165) is 52.2 Å². The highest BCUT2D eigenvalue weighted by Gasteiger charge is 2.17. The molecule has 0 unspecified atom stereocenters. The minimum absolute atomic E-state index is 0.736. The van der Waals surface area contributed by atoms with Crippen molar-refractivity contribution < 1.29 is 0 Å². The van der Waals surface area contributed by atoms with E-state index in [1.54, 1.807) is 0 Å². The smallest absolute Gasteiger partial charge is 0.0994 e. The lowest BCUT2D eigenvalue weighted by molar-refractivity contribution is 0.914. The van der Waals surface area contributed by atoms with Crippen LogP contribution in [0.1, 0.15) is 27.9 Å². The molecule has 2 nitrogen and oxygen atoms in total. The fourth-order valence-electron chi connectivity index (χ4n) is 3.41. The summed E-state index contributed by atoms with van der Waals surface area (Å²) in [6.07, 6.45) is 4.45. The number of aromatic nitrogens is 1. The number of pyridine rings is 1. The van der Waals surface area contributed by atoms with Crippen molar-refractivity contribution in [1.82, 2.24) is 4.98 Å². The van der Waals surface area contributed by atoms with E-state index in [2.05, 4.69) is 18.2 Å². The van der Waals surface area contributed by atoms with Crippen LogP contribution in [0.2, 0.25) is 5.02 Å². The van der Waals surface area contributed by atoms with Gasteiger partial charge in [0.25, 0.3) is 0 Å². The van der Waals surface area contributed by atoms with Crippen molar-refractivity contribution >= 4 is 11.6 Å². The topological polar surface area (TPSA) is 36.7 Å². The monoisotopic (exact) mass is 330 g/mol. The average molecular weight is 331 g/mol. The molecule has 0 bridgehead atoms. The van der Waals surface area contributed by atoms with Crippen molar-refractivity contribution in [2.75, 3.05) is 0 Å². The Morgan fingerprint density at radius 1 is 1.00 bits per heavy atom. The van der Waals surface area contributed by atoms with E-state index in [0.29, 0.717) is 0 Å². The number of nitrogens with zero attached hydrogens (tertiary/aromatic N) is 2. The molecule has 4 rings (SSSR count). The zero-order valence-electron chi connectivity index (χ0n) is 13.1. The van der Waals surface area contributed by atoms with Crippen LogP contribution in [0.3, 0.4) is 0 Å². The summed E-state index contributed by atoms with van der Waals surface area (Å²) >= 11 is 6.33. The summed E-state index contributed by atoms with van der Waals surface area (Å²) in [6.45, 7) is 0. The first-order valence-electron chi connectivity index (χ1n) is 8.00. The van der Waals surface area contributed by atoms with Crippen molar-refractivity contribution in [1.29, 1.82) is 5.26 Å². The molecule has 0 saturated carbocycles. The molecule has 3 heteroatoms. The highest BCUT2D eigenvalue weighted by atomic mass is 35.5. The van der Waals surface area contributed by atoms with E-state index in [9.17, 15) is 5.26 Å². The van der Waals surface area contributed by atoms with Gasteiger partial charge in [0, 0.05) is 28.0 Å². The fourth-order valence-corrected chi connectivity index (χ4v) is 3.65. The molecule has 24 heavy (non-hydrogen) atoms. The fraction of sp³-hybridized carbons (Fsp3) is 0.143. The van der Waals surface area contributed by atoms with Gasteiger partial charge < -0.3 is 0 Å². The Morgan fingerprint density at radius 3 is 2.71 bits per heavy atom. The largest absolute Gasteiger partial charge is 0.260 e. The van der Waals surface area contributed by atoms with Gasteiger partial charge in [0.05, 0.1) is 11.6 Å². The number of benzene rings is 2. The van der Waals surface area contributed by atoms with Crippen LogP contribution < -0.4 is 0 Å². The van der Waals surface area contributed by atoms with Crippen molar-refractivity contribution in [2.24, 2.45) is 0 Å². The molecule has 1 aliphatic rings. The van der Waals surface area contributed by atoms with Gasteiger partial charge in [-0.2, -0.15) is 5.26 Å². The number of hydrogen-bond acceptors (Lipinski definition) is 2. The molecule has 0 fully saturated rings. The summed E-state index contributed by atoms with van der Waals surface area (Å²) in [6, 6.07) is 18.3. The first-order valence-corrected chi connectivity index (χ1v) is 8.37. The van der Waals surface area contributed by atoms with Gasteiger partial charge >= 0.3 is 0 Å². The van der Waals surface area contributed by atoms with Gasteiger partial charge in [-0.05, 0) is 54.2 Å². The maximum absolute atomic E-state index is 9.35. The minimum atomic E-state index is 0.736. The molecule has 0 spiro atoms. The van der Waals surface area contributed by atoms with Crippen LogP contribution in [-0.4, -0.2) is 4.98 Å². The Morgan fingerprint density at radius 2 is 1.88 bits per heavy atom. The van der Waals surface area contributed by atoms with E-state index in [4.69, 9.17) is 16.6 Å². The molecule has 1 aliphatic carbocycles. The van der Waals surface area contributed by atoms with Crippen LogP contribution in [0.25, 0.3) is 11.1 Å². The molecule has 1 aromatic heterocycles. The Balaban J connectivity index is 1.80. The molecule has 3 aromatic rings. The van der Waals surface area contributed by atoms with Crippen LogP contribution in [0, 0.1) is 11.3 Å². The van der Waals surface area contributed by atoms with Crippen LogP contribution in [0.4, 0.5) is 0 Å². The molecule has 0 amide bonds. The Hall–Kier alpha value is -2.63. The summed E-state index contributed by atoms with van der Waals surface area (Å²) in [5.74, 6) is 0. The number of fused-ring (bicyclic) bond motifs is 2. The Bertz CT molecular complexity index is 970. The van der Waals surface area contributed by atoms with Gasteiger partial charge in [-0.15, -0.1) is 0 Å². The lowest BCUT2D eigenvalue weighted by Gasteiger charge is -2.10. The predicted octanol–water partition coefficient (Wildman–Crippen LogP) is 4.96. The second-order valence-corrected chi connectivity index (χ2v) is 6.45. The third-order valence-corrected chi connectivity index (χ3v) is 4.96. The first-order chi connectivity index (χ1) is 11.8. The number of halogens is 1. The van der Waals surface area contributed by atoms with Gasteiger partial charge in [0.15, 0.2) is 0 Å². The van der Waals surface area contributed by atoms with Gasteiger partial charge in [-0.1, -0.05) is 41.9 Å². The lowest BCUT2D eigenvalue weighted by Crippen LogP contribution is -1.97. The molecular weight excluding hydrogens is 316 g/mol. The molecule has 0 atom stereocenters. The molecule has 0 N–H and O–H groups in total. The molecule has 2 aromatic carbocycles. The quantitative estimate of drug-likeness (QED) is 0.632. The van der Waals surface area contributed by atoms with Gasteiger partial charge in [0.1, 0.15) is 0 Å². The van der Waals surface area contributed by atoms with Gasteiger partial charge in [-0.3, -0.25) is 4.98 Å². The molecule has 0 saturated heterocycles. The van der Waals surface area contributed by atoms with Crippen molar-refractivity contribution in [3.05, 3.63) is 87.7 Å². The average Bonchev–Trinajstić information content (AvgIpc) is 2.80. The van der Waals surface area contributed by atoms with Gasteiger partial charge in [0.2, 0.25) is 0 Å². The summed E-state index contributed by atoms with van der Waals surface area (Å²) in [4.78, 5) is 4.69. The second-order valence-electron chi connectivity index (χ2n) is 6.04. The Kier molecular flexibility index (Phi) is 3.80. The number of aryl methyl sites for hydroxylation is 1. The number of rotatable bonds is 1. The minimum Gasteiger partial charge on any atom is -0.260 e. The van der Waals surface area contributed by atoms with E-state index in [-0.39, 0.29) is 0 Å². The molecular formula is C21H15ClN2. The first kappa shape index (κ1) is 14.9. The van der Waals surface area contributed by atoms with Crippen molar-refractivity contribution in [3.63, 3.8) is 0 Å². The number of hydrogen-bond donors (Lipinski definition) is 0. The van der Waals surface area contributed by atoms with E-state index >= 15 is 0 Å². The number of nitriles is 1. The van der Waals surface area contributed by atoms with E-state index in [1.807, 2.05) is 42.6 Å². The zero-order valence-corrected chi connectivity index (χ0v) is 13.8. The zero-order chi connectivity index (χ0) is 16.5. The Labute approximate surface area is 146 Å². The third kappa shape index (κ3) is 2.58. The van der Waals surface area contributed by atoms with E-state index < -0.39 is 0 Å². The van der Waals surface area contributed by atoms with Crippen LogP contribution >= 0.6 is 11.6 Å². The maximum Gasteiger partial charge on any atom is 0.0994 e. The lowest BCUT2D eigenvalue weighted by atomic mass is 9.96.